The Balaban J connectivity index is 1.94. The van der Waals surface area contributed by atoms with Crippen molar-refractivity contribution in [2.75, 3.05) is 10.6 Å². The number of benzene rings is 1. The molecule has 126 valence electrons. The highest BCUT2D eigenvalue weighted by atomic mass is 16.2. The topological polar surface area (TPSA) is 107 Å². The van der Waals surface area contributed by atoms with Crippen LogP contribution in [-0.4, -0.2) is 16.8 Å². The Morgan fingerprint density at radius 2 is 1.84 bits per heavy atom. The number of carbonyl (C=O) groups is 2. The van der Waals surface area contributed by atoms with Gasteiger partial charge in [-0.05, 0) is 35.9 Å². The van der Waals surface area contributed by atoms with Crippen LogP contribution in [0.1, 0.15) is 12.5 Å². The summed E-state index contributed by atoms with van der Waals surface area (Å²) in [5, 5.41) is 17.3. The van der Waals surface area contributed by atoms with E-state index in [1.807, 2.05) is 18.2 Å². The number of carbonyl (C=O) groups excluding carboxylic acids is 2. The first kappa shape index (κ1) is 17.7. The van der Waals surface area contributed by atoms with Crippen molar-refractivity contribution in [3.05, 3.63) is 66.1 Å². The molecular formula is C18H17N5O2. The van der Waals surface area contributed by atoms with Gasteiger partial charge in [0.05, 0.1) is 0 Å². The minimum atomic E-state index is -0.520. The highest BCUT2D eigenvalue weighted by Crippen LogP contribution is 2.14. The van der Waals surface area contributed by atoms with Crippen molar-refractivity contribution < 1.29 is 9.59 Å². The molecule has 0 fully saturated rings. The number of hydrogen-bond donors (Lipinski definition) is 3. The molecule has 7 heteroatoms. The molecule has 2 rings (SSSR count). The predicted molar refractivity (Wildman–Crippen MR) is 94.1 cm³/mol. The van der Waals surface area contributed by atoms with Gasteiger partial charge in [-0.1, -0.05) is 6.07 Å². The van der Waals surface area contributed by atoms with Crippen LogP contribution >= 0.6 is 0 Å². The van der Waals surface area contributed by atoms with Crippen molar-refractivity contribution in [1.29, 1.82) is 5.26 Å². The van der Waals surface area contributed by atoms with Crippen molar-refractivity contribution in [2.45, 2.75) is 13.5 Å². The first-order valence-electron chi connectivity index (χ1n) is 7.50. The lowest BCUT2D eigenvalue weighted by atomic mass is 10.2. The fourth-order valence-corrected chi connectivity index (χ4v) is 1.96. The number of aromatic nitrogens is 1. The van der Waals surface area contributed by atoms with Crippen LogP contribution in [0.15, 0.2) is 60.6 Å². The third-order valence-corrected chi connectivity index (χ3v) is 3.10. The quantitative estimate of drug-likeness (QED) is 0.554. The van der Waals surface area contributed by atoms with Gasteiger partial charge in [0.15, 0.2) is 0 Å². The Morgan fingerprint density at radius 3 is 2.40 bits per heavy atom. The standard InChI is InChI=1S/C18H17N5O2/c1-13(24)22-16-4-6-17(7-5-16)23-18(25)15(9-19)12-21-11-14-3-2-8-20-10-14/h2-8,10,12,21H,11H2,1H3,(H,22,24)(H,23,25)/b15-12-. The molecule has 0 saturated carbocycles. The summed E-state index contributed by atoms with van der Waals surface area (Å²) in [6.45, 7) is 1.87. The molecule has 0 aliphatic heterocycles. The molecule has 7 nitrogen and oxygen atoms in total. The maximum atomic E-state index is 12.1. The van der Waals surface area contributed by atoms with Crippen LogP contribution < -0.4 is 16.0 Å². The minimum Gasteiger partial charge on any atom is -0.386 e. The van der Waals surface area contributed by atoms with E-state index in [4.69, 9.17) is 5.26 Å². The molecule has 1 heterocycles. The summed E-state index contributed by atoms with van der Waals surface area (Å²) in [5.74, 6) is -0.695. The Bertz CT molecular complexity index is 808. The van der Waals surface area contributed by atoms with Crippen LogP contribution in [0.25, 0.3) is 0 Å². The third kappa shape index (κ3) is 5.80. The lowest BCUT2D eigenvalue weighted by Gasteiger charge is -2.07. The molecule has 0 atom stereocenters. The molecule has 3 N–H and O–H groups in total. The number of hydrogen-bond acceptors (Lipinski definition) is 5. The molecular weight excluding hydrogens is 318 g/mol. The van der Waals surface area contributed by atoms with Gasteiger partial charge in [0.1, 0.15) is 11.6 Å². The largest absolute Gasteiger partial charge is 0.386 e. The zero-order chi connectivity index (χ0) is 18.1. The van der Waals surface area contributed by atoms with E-state index in [9.17, 15) is 9.59 Å². The molecule has 2 amide bonds. The highest BCUT2D eigenvalue weighted by Gasteiger charge is 2.09. The summed E-state index contributed by atoms with van der Waals surface area (Å²) < 4.78 is 0. The zero-order valence-electron chi connectivity index (χ0n) is 13.6. The number of nitrogens with zero attached hydrogens (tertiary/aromatic N) is 2. The van der Waals surface area contributed by atoms with Crippen LogP contribution in [0, 0.1) is 11.3 Å². The van der Waals surface area contributed by atoms with E-state index in [-0.39, 0.29) is 11.5 Å². The zero-order valence-corrected chi connectivity index (χ0v) is 13.6. The van der Waals surface area contributed by atoms with Crippen LogP contribution in [0.4, 0.5) is 11.4 Å². The third-order valence-electron chi connectivity index (χ3n) is 3.10. The molecule has 1 aromatic carbocycles. The number of anilines is 2. The molecule has 2 aromatic rings. The SMILES string of the molecule is CC(=O)Nc1ccc(NC(=O)/C(C#N)=C\NCc2cccnc2)cc1. The number of rotatable bonds is 6. The van der Waals surface area contributed by atoms with Gasteiger partial charge >= 0.3 is 0 Å². The monoisotopic (exact) mass is 335 g/mol. The summed E-state index contributed by atoms with van der Waals surface area (Å²) in [6, 6.07) is 12.2. The molecule has 1 aromatic heterocycles. The summed E-state index contributed by atoms with van der Waals surface area (Å²) in [4.78, 5) is 27.1. The van der Waals surface area contributed by atoms with Gasteiger partial charge in [0.2, 0.25) is 5.91 Å². The summed E-state index contributed by atoms with van der Waals surface area (Å²) >= 11 is 0. The van der Waals surface area contributed by atoms with Crippen molar-refractivity contribution >= 4 is 23.2 Å². The summed E-state index contributed by atoms with van der Waals surface area (Å²) in [5.41, 5.74) is 2.03. The number of nitrogens with one attached hydrogen (secondary N) is 3. The summed E-state index contributed by atoms with van der Waals surface area (Å²) in [6.07, 6.45) is 4.74. The second kappa shape index (κ2) is 8.84. The number of nitriles is 1. The highest BCUT2D eigenvalue weighted by molar-refractivity contribution is 6.06. The average molecular weight is 335 g/mol. The smallest absolute Gasteiger partial charge is 0.267 e. The Labute approximate surface area is 145 Å². The van der Waals surface area contributed by atoms with Gasteiger partial charge in [0, 0.05) is 43.4 Å². The first-order valence-corrected chi connectivity index (χ1v) is 7.50. The molecule has 25 heavy (non-hydrogen) atoms. The molecule has 0 bridgehead atoms. The maximum Gasteiger partial charge on any atom is 0.267 e. The second-order valence-corrected chi connectivity index (χ2v) is 5.12. The molecule has 0 unspecified atom stereocenters. The number of pyridine rings is 1. The van der Waals surface area contributed by atoms with Gasteiger partial charge in [0.25, 0.3) is 5.91 Å². The van der Waals surface area contributed by atoms with E-state index in [0.29, 0.717) is 17.9 Å². The van der Waals surface area contributed by atoms with Gasteiger partial charge in [-0.25, -0.2) is 0 Å². The summed E-state index contributed by atoms with van der Waals surface area (Å²) in [7, 11) is 0. The van der Waals surface area contributed by atoms with Gasteiger partial charge < -0.3 is 16.0 Å². The fourth-order valence-electron chi connectivity index (χ4n) is 1.96. The number of amides is 2. The minimum absolute atomic E-state index is 0.0465. The Hall–Kier alpha value is -3.66. The van der Waals surface area contributed by atoms with Gasteiger partial charge in [-0.2, -0.15) is 5.26 Å². The molecule has 0 spiro atoms. The van der Waals surface area contributed by atoms with E-state index >= 15 is 0 Å². The van der Waals surface area contributed by atoms with Crippen LogP contribution in [-0.2, 0) is 16.1 Å². The van der Waals surface area contributed by atoms with E-state index in [1.165, 1.54) is 13.1 Å². The van der Waals surface area contributed by atoms with Crippen molar-refractivity contribution in [3.8, 4) is 6.07 Å². The van der Waals surface area contributed by atoms with E-state index in [1.54, 1.807) is 36.7 Å². The molecule has 0 saturated heterocycles. The van der Waals surface area contributed by atoms with E-state index < -0.39 is 5.91 Å². The van der Waals surface area contributed by atoms with Crippen LogP contribution in [0.5, 0.6) is 0 Å². The molecule has 0 radical (unpaired) electrons. The van der Waals surface area contributed by atoms with Gasteiger partial charge in [-0.3, -0.25) is 14.6 Å². The van der Waals surface area contributed by atoms with Crippen LogP contribution in [0.2, 0.25) is 0 Å². The predicted octanol–water partition coefficient (Wildman–Crippen LogP) is 2.18. The Morgan fingerprint density at radius 1 is 1.16 bits per heavy atom. The second-order valence-electron chi connectivity index (χ2n) is 5.12. The van der Waals surface area contributed by atoms with Crippen LogP contribution in [0.3, 0.4) is 0 Å². The first-order chi connectivity index (χ1) is 12.1. The van der Waals surface area contributed by atoms with Crippen molar-refractivity contribution in [2.24, 2.45) is 0 Å². The van der Waals surface area contributed by atoms with Crippen molar-refractivity contribution in [1.82, 2.24) is 10.3 Å². The van der Waals surface area contributed by atoms with E-state index in [2.05, 4.69) is 20.9 Å². The van der Waals surface area contributed by atoms with Gasteiger partial charge in [-0.15, -0.1) is 0 Å². The van der Waals surface area contributed by atoms with Crippen molar-refractivity contribution in [3.63, 3.8) is 0 Å². The normalized spacial score (nSPS) is 10.5. The molecule has 0 aliphatic carbocycles. The molecule has 0 aliphatic rings. The van der Waals surface area contributed by atoms with E-state index in [0.717, 1.165) is 5.56 Å². The maximum absolute atomic E-state index is 12.1. The fraction of sp³-hybridized carbons (Fsp3) is 0.111. The lowest BCUT2D eigenvalue weighted by molar-refractivity contribution is -0.114. The lowest BCUT2D eigenvalue weighted by Crippen LogP contribution is -2.16. The Kier molecular flexibility index (Phi) is 6.25. The average Bonchev–Trinajstić information content (AvgIpc) is 2.61.